The minimum absolute atomic E-state index is 0.248. The fourth-order valence-electron chi connectivity index (χ4n) is 3.42. The van der Waals surface area contributed by atoms with Crippen molar-refractivity contribution >= 4 is 5.97 Å². The maximum absolute atomic E-state index is 11.3. The molecule has 0 spiro atoms. The lowest BCUT2D eigenvalue weighted by Crippen LogP contribution is -2.34. The zero-order chi connectivity index (χ0) is 12.6. The Balaban J connectivity index is 2.34. The van der Waals surface area contributed by atoms with Gasteiger partial charge in [-0.15, -0.1) is 0 Å². The maximum atomic E-state index is 11.3. The van der Waals surface area contributed by atoms with Crippen molar-refractivity contribution < 1.29 is 9.90 Å². The first-order valence-electron chi connectivity index (χ1n) is 6.61. The summed E-state index contributed by atoms with van der Waals surface area (Å²) in [5.74, 6) is 1.21. The van der Waals surface area contributed by atoms with Crippen molar-refractivity contribution in [2.45, 2.75) is 40.0 Å². The van der Waals surface area contributed by atoms with Gasteiger partial charge >= 0.3 is 5.97 Å². The predicted octanol–water partition coefficient (Wildman–Crippen LogP) is 3.65. The van der Waals surface area contributed by atoms with Gasteiger partial charge < -0.3 is 5.11 Å². The Kier molecular flexibility index (Phi) is 3.41. The SMILES string of the molecule is CC1=C[C@@H]2[C@@H](C(C)C)CC=C(C(=O)O)[C@@H]2CC1. The van der Waals surface area contributed by atoms with Gasteiger partial charge in [-0.1, -0.05) is 31.6 Å². The smallest absolute Gasteiger partial charge is 0.331 e. The van der Waals surface area contributed by atoms with Gasteiger partial charge in [-0.25, -0.2) is 4.79 Å². The van der Waals surface area contributed by atoms with E-state index in [1.165, 1.54) is 5.57 Å². The number of hydrogen-bond acceptors (Lipinski definition) is 1. The molecule has 0 aromatic carbocycles. The Morgan fingerprint density at radius 3 is 2.76 bits per heavy atom. The van der Waals surface area contributed by atoms with Crippen LogP contribution < -0.4 is 0 Å². The van der Waals surface area contributed by atoms with Crippen LogP contribution in [-0.2, 0) is 4.79 Å². The predicted molar refractivity (Wildman–Crippen MR) is 68.6 cm³/mol. The fourth-order valence-corrected chi connectivity index (χ4v) is 3.42. The molecule has 0 saturated heterocycles. The van der Waals surface area contributed by atoms with Crippen LogP contribution in [0.1, 0.15) is 40.0 Å². The molecule has 0 aromatic rings. The third-order valence-corrected chi connectivity index (χ3v) is 4.40. The summed E-state index contributed by atoms with van der Waals surface area (Å²) < 4.78 is 0. The second-order valence-corrected chi connectivity index (χ2v) is 5.84. The summed E-state index contributed by atoms with van der Waals surface area (Å²) in [5.41, 5.74) is 2.10. The minimum Gasteiger partial charge on any atom is -0.478 e. The van der Waals surface area contributed by atoms with E-state index < -0.39 is 5.97 Å². The Morgan fingerprint density at radius 1 is 1.47 bits per heavy atom. The molecule has 17 heavy (non-hydrogen) atoms. The number of hydrogen-bond donors (Lipinski definition) is 1. The number of carboxylic acid groups (broad SMARTS) is 1. The van der Waals surface area contributed by atoms with Crippen LogP contribution in [0.5, 0.6) is 0 Å². The minimum atomic E-state index is -0.713. The van der Waals surface area contributed by atoms with Gasteiger partial charge in [0, 0.05) is 5.57 Å². The molecule has 0 saturated carbocycles. The number of fused-ring (bicyclic) bond motifs is 1. The molecule has 94 valence electrons. The summed E-state index contributed by atoms with van der Waals surface area (Å²) in [5, 5.41) is 9.28. The van der Waals surface area contributed by atoms with Crippen LogP contribution in [0.3, 0.4) is 0 Å². The first-order valence-corrected chi connectivity index (χ1v) is 6.61. The number of rotatable bonds is 2. The second kappa shape index (κ2) is 4.67. The van der Waals surface area contributed by atoms with Crippen molar-refractivity contribution in [2.24, 2.45) is 23.7 Å². The van der Waals surface area contributed by atoms with Gasteiger partial charge in [0.2, 0.25) is 0 Å². The van der Waals surface area contributed by atoms with E-state index in [1.807, 2.05) is 6.08 Å². The molecule has 2 heteroatoms. The summed E-state index contributed by atoms with van der Waals surface area (Å²) in [4.78, 5) is 11.3. The Labute approximate surface area is 103 Å². The molecule has 2 nitrogen and oxygen atoms in total. The fraction of sp³-hybridized carbons (Fsp3) is 0.667. The molecular weight excluding hydrogens is 212 g/mol. The molecule has 0 bridgehead atoms. The van der Waals surface area contributed by atoms with Crippen molar-refractivity contribution in [2.75, 3.05) is 0 Å². The zero-order valence-corrected chi connectivity index (χ0v) is 10.9. The summed E-state index contributed by atoms with van der Waals surface area (Å²) in [6.45, 7) is 6.67. The normalized spacial score (nSPS) is 32.8. The third-order valence-electron chi connectivity index (χ3n) is 4.40. The molecule has 0 heterocycles. The van der Waals surface area contributed by atoms with Crippen LogP contribution >= 0.6 is 0 Å². The maximum Gasteiger partial charge on any atom is 0.331 e. The second-order valence-electron chi connectivity index (χ2n) is 5.84. The molecule has 0 fully saturated rings. The lowest BCUT2D eigenvalue weighted by molar-refractivity contribution is -0.133. The molecule has 0 unspecified atom stereocenters. The monoisotopic (exact) mass is 234 g/mol. The van der Waals surface area contributed by atoms with Gasteiger partial charge in [-0.05, 0) is 49.9 Å². The van der Waals surface area contributed by atoms with Crippen molar-refractivity contribution in [1.82, 2.24) is 0 Å². The van der Waals surface area contributed by atoms with E-state index in [1.54, 1.807) is 0 Å². The molecular formula is C15H22O2. The van der Waals surface area contributed by atoms with Crippen molar-refractivity contribution in [3.8, 4) is 0 Å². The largest absolute Gasteiger partial charge is 0.478 e. The average Bonchev–Trinajstić information content (AvgIpc) is 2.26. The molecule has 2 rings (SSSR count). The summed E-state index contributed by atoms with van der Waals surface area (Å²) in [6, 6.07) is 0. The Morgan fingerprint density at radius 2 is 2.18 bits per heavy atom. The molecule has 0 aromatic heterocycles. The third kappa shape index (κ3) is 2.31. The quantitative estimate of drug-likeness (QED) is 0.740. The van der Waals surface area contributed by atoms with Crippen LogP contribution in [0.15, 0.2) is 23.3 Å². The molecule has 1 N–H and O–H groups in total. The molecule has 0 aliphatic heterocycles. The van der Waals surface area contributed by atoms with Gasteiger partial charge in [0.1, 0.15) is 0 Å². The number of allylic oxidation sites excluding steroid dienone is 3. The lowest BCUT2D eigenvalue weighted by Gasteiger charge is -2.40. The standard InChI is InChI=1S/C15H22O2/c1-9(2)11-6-7-13(15(16)17)12-5-4-10(3)8-14(11)12/h7-9,11-12,14H,4-6H2,1-3H3,(H,16,17)/t11-,12+,14-/m1/s1. The van der Waals surface area contributed by atoms with Gasteiger partial charge in [-0.2, -0.15) is 0 Å². The van der Waals surface area contributed by atoms with Gasteiger partial charge in [0.15, 0.2) is 0 Å². The van der Waals surface area contributed by atoms with Crippen molar-refractivity contribution in [3.63, 3.8) is 0 Å². The summed E-state index contributed by atoms with van der Waals surface area (Å²) in [7, 11) is 0. The molecule has 2 aliphatic carbocycles. The zero-order valence-electron chi connectivity index (χ0n) is 10.9. The van der Waals surface area contributed by atoms with Gasteiger partial charge in [0.25, 0.3) is 0 Å². The summed E-state index contributed by atoms with van der Waals surface area (Å²) >= 11 is 0. The van der Waals surface area contributed by atoms with Gasteiger partial charge in [0.05, 0.1) is 0 Å². The number of aliphatic carboxylic acids is 1. The molecule has 0 radical (unpaired) electrons. The van der Waals surface area contributed by atoms with E-state index in [-0.39, 0.29) is 5.92 Å². The Bertz CT molecular complexity index is 376. The topological polar surface area (TPSA) is 37.3 Å². The van der Waals surface area contributed by atoms with E-state index in [2.05, 4.69) is 26.8 Å². The highest BCUT2D eigenvalue weighted by Gasteiger charge is 2.38. The highest BCUT2D eigenvalue weighted by atomic mass is 16.4. The highest BCUT2D eigenvalue weighted by Crippen LogP contribution is 2.45. The molecule has 2 aliphatic rings. The van der Waals surface area contributed by atoms with Crippen LogP contribution in [-0.4, -0.2) is 11.1 Å². The average molecular weight is 234 g/mol. The summed E-state index contributed by atoms with van der Waals surface area (Å²) in [6.07, 6.45) is 7.30. The van der Waals surface area contributed by atoms with Gasteiger partial charge in [-0.3, -0.25) is 0 Å². The molecule has 0 amide bonds. The first kappa shape index (κ1) is 12.4. The van der Waals surface area contributed by atoms with Crippen LogP contribution in [0.2, 0.25) is 0 Å². The van der Waals surface area contributed by atoms with Crippen LogP contribution in [0.4, 0.5) is 0 Å². The Hall–Kier alpha value is -1.05. The van der Waals surface area contributed by atoms with E-state index in [4.69, 9.17) is 0 Å². The lowest BCUT2D eigenvalue weighted by atomic mass is 9.64. The van der Waals surface area contributed by atoms with E-state index >= 15 is 0 Å². The highest BCUT2D eigenvalue weighted by molar-refractivity contribution is 5.87. The number of carbonyl (C=O) groups is 1. The van der Waals surface area contributed by atoms with E-state index in [9.17, 15) is 9.90 Å². The van der Waals surface area contributed by atoms with E-state index in [0.29, 0.717) is 23.3 Å². The molecule has 3 atom stereocenters. The van der Waals surface area contributed by atoms with Crippen LogP contribution in [0, 0.1) is 23.7 Å². The van der Waals surface area contributed by atoms with Crippen LogP contribution in [0.25, 0.3) is 0 Å². The van der Waals surface area contributed by atoms with E-state index in [0.717, 1.165) is 19.3 Å². The van der Waals surface area contributed by atoms with Crippen molar-refractivity contribution in [1.29, 1.82) is 0 Å². The number of carboxylic acids is 1. The first-order chi connectivity index (χ1) is 8.00. The van der Waals surface area contributed by atoms with Crippen molar-refractivity contribution in [3.05, 3.63) is 23.3 Å².